The van der Waals surface area contributed by atoms with E-state index in [0.29, 0.717) is 21.8 Å². The number of rotatable bonds is 2. The van der Waals surface area contributed by atoms with E-state index in [-0.39, 0.29) is 17.3 Å². The van der Waals surface area contributed by atoms with Gasteiger partial charge in [0.05, 0.1) is 11.1 Å². The zero-order chi connectivity index (χ0) is 17.6. The van der Waals surface area contributed by atoms with Gasteiger partial charge < -0.3 is 10.3 Å². The molecule has 1 aromatic carbocycles. The monoisotopic (exact) mass is 354 g/mol. The number of halogens is 1. The third-order valence-electron chi connectivity index (χ3n) is 4.30. The van der Waals surface area contributed by atoms with E-state index >= 15 is 0 Å². The number of fused-ring (bicyclic) bond motifs is 2. The smallest absolute Gasteiger partial charge is 0.257 e. The van der Waals surface area contributed by atoms with Gasteiger partial charge in [0.2, 0.25) is 0 Å². The minimum atomic E-state index is -0.310. The Morgan fingerprint density at radius 2 is 2.08 bits per heavy atom. The van der Waals surface area contributed by atoms with Gasteiger partial charge in [0.1, 0.15) is 11.6 Å². The van der Waals surface area contributed by atoms with E-state index in [9.17, 15) is 9.59 Å². The maximum atomic E-state index is 13.0. The number of nitrogens with one attached hydrogen (secondary N) is 2. The van der Waals surface area contributed by atoms with Gasteiger partial charge in [-0.25, -0.2) is 4.98 Å². The van der Waals surface area contributed by atoms with E-state index in [1.165, 1.54) is 6.07 Å². The van der Waals surface area contributed by atoms with Gasteiger partial charge in [0.15, 0.2) is 0 Å². The summed E-state index contributed by atoms with van der Waals surface area (Å²) in [4.78, 5) is 36.0. The molecule has 0 bridgehead atoms. The molecule has 0 radical (unpaired) electrons. The number of benzene rings is 1. The molecule has 25 heavy (non-hydrogen) atoms. The van der Waals surface area contributed by atoms with Crippen LogP contribution < -0.4 is 10.9 Å². The van der Waals surface area contributed by atoms with Crippen molar-refractivity contribution in [2.24, 2.45) is 0 Å². The van der Waals surface area contributed by atoms with Crippen molar-refractivity contribution in [3.63, 3.8) is 0 Å². The Morgan fingerprint density at radius 1 is 1.24 bits per heavy atom. The number of aryl methyl sites for hydroxylation is 2. The second-order valence-corrected chi connectivity index (χ2v) is 6.53. The van der Waals surface area contributed by atoms with Crippen molar-refractivity contribution < 1.29 is 4.79 Å². The summed E-state index contributed by atoms with van der Waals surface area (Å²) < 4.78 is 0. The van der Waals surface area contributed by atoms with Gasteiger partial charge in [-0.1, -0.05) is 11.6 Å². The fourth-order valence-corrected chi connectivity index (χ4v) is 3.49. The maximum Gasteiger partial charge on any atom is 0.257 e. The Balaban J connectivity index is 1.86. The molecule has 1 aliphatic carbocycles. The molecule has 0 spiro atoms. The lowest BCUT2D eigenvalue weighted by atomic mass is 10.0. The van der Waals surface area contributed by atoms with Crippen LogP contribution >= 0.6 is 11.6 Å². The first-order valence-electron chi connectivity index (χ1n) is 8.01. The summed E-state index contributed by atoms with van der Waals surface area (Å²) in [5.74, 6) is 0.367. The minimum absolute atomic E-state index is 0.227. The summed E-state index contributed by atoms with van der Waals surface area (Å²) in [6.07, 6.45) is 2.63. The number of aromatic nitrogens is 3. The molecule has 2 heterocycles. The highest BCUT2D eigenvalue weighted by Gasteiger charge is 2.24. The quantitative estimate of drug-likeness (QED) is 0.740. The first kappa shape index (κ1) is 15.8. The molecule has 0 saturated carbocycles. The zero-order valence-corrected chi connectivity index (χ0v) is 14.3. The van der Waals surface area contributed by atoms with Crippen LogP contribution in [0, 0.1) is 6.92 Å². The molecule has 126 valence electrons. The number of nitrogens with zero attached hydrogens (tertiary/aromatic N) is 2. The van der Waals surface area contributed by atoms with Crippen LogP contribution in [0.4, 0.5) is 5.82 Å². The minimum Gasteiger partial charge on any atom is -0.311 e. The number of carbonyl (C=O) groups excluding carboxylic acids is 1. The molecular weight excluding hydrogens is 340 g/mol. The molecule has 6 nitrogen and oxygen atoms in total. The van der Waals surface area contributed by atoms with E-state index in [0.717, 1.165) is 36.0 Å². The summed E-state index contributed by atoms with van der Waals surface area (Å²) in [5.41, 5.74) is 2.91. The highest BCUT2D eigenvalue weighted by molar-refractivity contribution is 6.31. The highest BCUT2D eigenvalue weighted by atomic mass is 35.5. The lowest BCUT2D eigenvalue weighted by molar-refractivity contribution is 0.102. The number of H-pyrrole nitrogens is 1. The summed E-state index contributed by atoms with van der Waals surface area (Å²) in [5, 5.41) is 4.00. The molecule has 0 unspecified atom stereocenters. The van der Waals surface area contributed by atoms with Crippen molar-refractivity contribution in [1.29, 1.82) is 0 Å². The number of aromatic amines is 1. The molecule has 1 aliphatic rings. The van der Waals surface area contributed by atoms with Crippen molar-refractivity contribution in [3.8, 4) is 0 Å². The van der Waals surface area contributed by atoms with Crippen LogP contribution in [0.5, 0.6) is 0 Å². The lowest BCUT2D eigenvalue weighted by Gasteiger charge is -2.13. The molecule has 3 aromatic rings. The van der Waals surface area contributed by atoms with Crippen molar-refractivity contribution in [1.82, 2.24) is 15.0 Å². The van der Waals surface area contributed by atoms with Gasteiger partial charge in [-0.2, -0.15) is 0 Å². The van der Waals surface area contributed by atoms with Gasteiger partial charge >= 0.3 is 0 Å². The van der Waals surface area contributed by atoms with Gasteiger partial charge in [0.25, 0.3) is 11.5 Å². The first-order valence-corrected chi connectivity index (χ1v) is 8.39. The van der Waals surface area contributed by atoms with E-state index in [1.54, 1.807) is 19.1 Å². The number of carbonyl (C=O) groups is 1. The normalized spacial score (nSPS) is 13.0. The topological polar surface area (TPSA) is 87.7 Å². The van der Waals surface area contributed by atoms with E-state index in [1.807, 2.05) is 6.07 Å². The van der Waals surface area contributed by atoms with Crippen LogP contribution in [-0.4, -0.2) is 20.9 Å². The number of anilines is 1. The van der Waals surface area contributed by atoms with E-state index in [4.69, 9.17) is 11.6 Å². The Kier molecular flexibility index (Phi) is 3.77. The molecule has 0 aliphatic heterocycles. The summed E-state index contributed by atoms with van der Waals surface area (Å²) in [6.45, 7) is 1.66. The molecule has 0 saturated heterocycles. The van der Waals surface area contributed by atoms with Gasteiger partial charge in [-0.05, 0) is 49.9 Å². The molecule has 2 N–H and O–H groups in total. The third-order valence-corrected chi connectivity index (χ3v) is 4.54. The molecule has 7 heteroatoms. The molecule has 0 fully saturated rings. The fraction of sp³-hybridized carbons (Fsp3) is 0.222. The average molecular weight is 355 g/mol. The summed E-state index contributed by atoms with van der Waals surface area (Å²) in [7, 11) is 0. The highest BCUT2D eigenvalue weighted by Crippen LogP contribution is 2.31. The van der Waals surface area contributed by atoms with Crippen LogP contribution in [0.15, 0.2) is 29.1 Å². The van der Waals surface area contributed by atoms with Crippen molar-refractivity contribution >= 4 is 34.2 Å². The van der Waals surface area contributed by atoms with Crippen molar-refractivity contribution in [2.45, 2.75) is 26.2 Å². The Labute approximate surface area is 148 Å². The second-order valence-electron chi connectivity index (χ2n) is 6.10. The predicted octanol–water partition coefficient (Wildman–Crippen LogP) is 3.02. The standard InChI is InChI=1S/C18H15ClN4O2/c1-9-20-15(8-16(24)21-9)23-18(25)17-11-3-2-4-13(11)22-14-6-5-10(19)7-12(14)17/h5-8H,2-4H2,1H3,(H2,20,21,23,24,25). The summed E-state index contributed by atoms with van der Waals surface area (Å²) in [6, 6.07) is 6.61. The molecule has 4 rings (SSSR count). The van der Waals surface area contributed by atoms with Crippen LogP contribution in [0.25, 0.3) is 10.9 Å². The Morgan fingerprint density at radius 3 is 2.88 bits per heavy atom. The molecule has 1 amide bonds. The van der Waals surface area contributed by atoms with Crippen molar-refractivity contribution in [2.75, 3.05) is 5.32 Å². The third kappa shape index (κ3) is 2.89. The second kappa shape index (κ2) is 5.97. The fourth-order valence-electron chi connectivity index (χ4n) is 3.32. The lowest BCUT2D eigenvalue weighted by Crippen LogP contribution is -2.19. The van der Waals surface area contributed by atoms with Crippen LogP contribution in [-0.2, 0) is 12.8 Å². The average Bonchev–Trinajstić information content (AvgIpc) is 2.99. The van der Waals surface area contributed by atoms with Gasteiger partial charge in [0, 0.05) is 22.2 Å². The maximum absolute atomic E-state index is 13.0. The molecular formula is C18H15ClN4O2. The van der Waals surface area contributed by atoms with Crippen LogP contribution in [0.1, 0.15) is 33.9 Å². The van der Waals surface area contributed by atoms with E-state index < -0.39 is 0 Å². The van der Waals surface area contributed by atoms with Gasteiger partial charge in [-0.15, -0.1) is 0 Å². The largest absolute Gasteiger partial charge is 0.311 e. The Bertz CT molecular complexity index is 1070. The van der Waals surface area contributed by atoms with Crippen molar-refractivity contribution in [3.05, 3.63) is 62.3 Å². The number of hydrogen-bond donors (Lipinski definition) is 2. The molecule has 0 atom stereocenters. The zero-order valence-electron chi connectivity index (χ0n) is 13.5. The predicted molar refractivity (Wildman–Crippen MR) is 96.3 cm³/mol. The number of amides is 1. The molecule has 2 aromatic heterocycles. The SMILES string of the molecule is Cc1nc(NC(=O)c2c3c(nc4ccc(Cl)cc24)CCC3)cc(=O)[nH]1. The Hall–Kier alpha value is -2.73. The first-order chi connectivity index (χ1) is 12.0. The number of pyridine rings is 1. The van der Waals surface area contributed by atoms with Crippen LogP contribution in [0.3, 0.4) is 0 Å². The van der Waals surface area contributed by atoms with Gasteiger partial charge in [-0.3, -0.25) is 14.6 Å². The van der Waals surface area contributed by atoms with Crippen LogP contribution in [0.2, 0.25) is 5.02 Å². The van der Waals surface area contributed by atoms with E-state index in [2.05, 4.69) is 20.3 Å². The summed E-state index contributed by atoms with van der Waals surface area (Å²) >= 11 is 6.13. The number of hydrogen-bond acceptors (Lipinski definition) is 4.